The van der Waals surface area contributed by atoms with Gasteiger partial charge in [-0.15, -0.1) is 0 Å². The first kappa shape index (κ1) is 11.6. The summed E-state index contributed by atoms with van der Waals surface area (Å²) in [6.45, 7) is 0. The average molecular weight is 309 g/mol. The van der Waals surface area contributed by atoms with E-state index >= 15 is 0 Å². The molecule has 1 aromatic carbocycles. The lowest BCUT2D eigenvalue weighted by Gasteiger charge is -2.01. The van der Waals surface area contributed by atoms with Crippen molar-refractivity contribution in [1.82, 2.24) is 5.32 Å². The maximum atomic E-state index is 12.0. The second-order valence-corrected chi connectivity index (χ2v) is 5.42. The summed E-state index contributed by atoms with van der Waals surface area (Å²) < 4.78 is 6.60. The molecule has 0 radical (unpaired) electrons. The molecule has 0 unspecified atom stereocenters. The van der Waals surface area contributed by atoms with Crippen LogP contribution >= 0.6 is 15.9 Å². The minimum atomic E-state index is -0.104. The molecule has 0 spiro atoms. The molecule has 1 fully saturated rings. The van der Waals surface area contributed by atoms with Gasteiger partial charge in [-0.1, -0.05) is 0 Å². The van der Waals surface area contributed by atoms with Crippen molar-refractivity contribution in [3.8, 4) is 0 Å². The number of hydrogen-bond acceptors (Lipinski definition) is 3. The molecular weight excluding hydrogens is 296 g/mol. The SMILES string of the molecule is CNC(=O)c1c(C2CC2)oc2cc(N)c(Br)cc12. The van der Waals surface area contributed by atoms with E-state index in [0.717, 1.165) is 28.5 Å². The van der Waals surface area contributed by atoms with Gasteiger partial charge >= 0.3 is 0 Å². The first-order valence-electron chi connectivity index (χ1n) is 5.85. The molecule has 1 aromatic heterocycles. The molecule has 0 aliphatic heterocycles. The van der Waals surface area contributed by atoms with Crippen LogP contribution in [0.2, 0.25) is 0 Å². The maximum Gasteiger partial charge on any atom is 0.255 e. The number of furan rings is 1. The number of amides is 1. The highest BCUT2D eigenvalue weighted by Crippen LogP contribution is 2.45. The molecular formula is C13H13BrN2O2. The Morgan fingerprint density at radius 1 is 1.50 bits per heavy atom. The van der Waals surface area contributed by atoms with Crippen molar-refractivity contribution in [3.63, 3.8) is 0 Å². The summed E-state index contributed by atoms with van der Waals surface area (Å²) in [5.74, 6) is 1.07. The molecule has 5 heteroatoms. The summed E-state index contributed by atoms with van der Waals surface area (Å²) >= 11 is 3.39. The van der Waals surface area contributed by atoms with Crippen LogP contribution in [0.15, 0.2) is 21.0 Å². The molecule has 4 nitrogen and oxygen atoms in total. The number of anilines is 1. The molecule has 3 N–H and O–H groups in total. The van der Waals surface area contributed by atoms with E-state index < -0.39 is 0 Å². The van der Waals surface area contributed by atoms with Crippen molar-refractivity contribution in [3.05, 3.63) is 27.9 Å². The highest BCUT2D eigenvalue weighted by Gasteiger charge is 2.33. The first-order valence-corrected chi connectivity index (χ1v) is 6.64. The largest absolute Gasteiger partial charge is 0.460 e. The van der Waals surface area contributed by atoms with Crippen LogP contribution in [0.25, 0.3) is 11.0 Å². The molecule has 1 amide bonds. The van der Waals surface area contributed by atoms with E-state index in [4.69, 9.17) is 10.2 Å². The number of carbonyl (C=O) groups excluding carboxylic acids is 1. The predicted octanol–water partition coefficient (Wildman–Crippen LogP) is 3.01. The van der Waals surface area contributed by atoms with E-state index in [1.807, 2.05) is 6.07 Å². The van der Waals surface area contributed by atoms with Crippen molar-refractivity contribution >= 4 is 38.5 Å². The number of benzene rings is 1. The van der Waals surface area contributed by atoms with Gasteiger partial charge in [0.25, 0.3) is 5.91 Å². The molecule has 0 bridgehead atoms. The second-order valence-electron chi connectivity index (χ2n) is 4.56. The van der Waals surface area contributed by atoms with Crippen molar-refractivity contribution in [1.29, 1.82) is 0 Å². The van der Waals surface area contributed by atoms with Gasteiger partial charge in [-0.05, 0) is 34.8 Å². The Morgan fingerprint density at radius 2 is 2.22 bits per heavy atom. The van der Waals surface area contributed by atoms with Gasteiger partial charge in [-0.2, -0.15) is 0 Å². The Morgan fingerprint density at radius 3 is 2.83 bits per heavy atom. The smallest absolute Gasteiger partial charge is 0.255 e. The number of nitrogens with one attached hydrogen (secondary N) is 1. The highest BCUT2D eigenvalue weighted by atomic mass is 79.9. The fourth-order valence-electron chi connectivity index (χ4n) is 2.14. The predicted molar refractivity (Wildman–Crippen MR) is 73.7 cm³/mol. The minimum absolute atomic E-state index is 0.104. The summed E-state index contributed by atoms with van der Waals surface area (Å²) in [5, 5.41) is 3.49. The van der Waals surface area contributed by atoms with Crippen LogP contribution < -0.4 is 11.1 Å². The van der Waals surface area contributed by atoms with Crippen molar-refractivity contribution in [2.24, 2.45) is 0 Å². The van der Waals surface area contributed by atoms with Gasteiger partial charge in [-0.3, -0.25) is 4.79 Å². The average Bonchev–Trinajstić information content (AvgIpc) is 3.13. The molecule has 2 aromatic rings. The zero-order valence-corrected chi connectivity index (χ0v) is 11.5. The van der Waals surface area contributed by atoms with Gasteiger partial charge in [-0.25, -0.2) is 0 Å². The molecule has 1 saturated carbocycles. The Bertz CT molecular complexity index is 644. The van der Waals surface area contributed by atoms with Crippen LogP contribution in [0.4, 0.5) is 5.69 Å². The Labute approximate surface area is 113 Å². The summed E-state index contributed by atoms with van der Waals surface area (Å²) in [7, 11) is 1.63. The lowest BCUT2D eigenvalue weighted by molar-refractivity contribution is 0.0962. The number of carbonyl (C=O) groups is 1. The summed E-state index contributed by atoms with van der Waals surface area (Å²) in [4.78, 5) is 12.0. The van der Waals surface area contributed by atoms with Crippen molar-refractivity contribution < 1.29 is 9.21 Å². The van der Waals surface area contributed by atoms with E-state index in [-0.39, 0.29) is 5.91 Å². The lowest BCUT2D eigenvalue weighted by Crippen LogP contribution is -2.18. The highest BCUT2D eigenvalue weighted by molar-refractivity contribution is 9.10. The quantitative estimate of drug-likeness (QED) is 0.838. The van der Waals surface area contributed by atoms with Gasteiger partial charge in [0.05, 0.1) is 5.56 Å². The van der Waals surface area contributed by atoms with E-state index in [1.54, 1.807) is 13.1 Å². The normalized spacial score (nSPS) is 15.0. The third-order valence-electron chi connectivity index (χ3n) is 3.24. The number of halogens is 1. The zero-order valence-electron chi connectivity index (χ0n) is 9.92. The number of rotatable bonds is 2. The minimum Gasteiger partial charge on any atom is -0.460 e. The number of nitrogen functional groups attached to an aromatic ring is 1. The Balaban J connectivity index is 2.30. The number of fused-ring (bicyclic) bond motifs is 1. The maximum absolute atomic E-state index is 12.0. The lowest BCUT2D eigenvalue weighted by atomic mass is 10.1. The van der Waals surface area contributed by atoms with Gasteiger partial charge in [0, 0.05) is 34.6 Å². The van der Waals surface area contributed by atoms with E-state index in [1.165, 1.54) is 0 Å². The van der Waals surface area contributed by atoms with Gasteiger partial charge in [0.2, 0.25) is 0 Å². The topological polar surface area (TPSA) is 68.3 Å². The van der Waals surface area contributed by atoms with Gasteiger partial charge < -0.3 is 15.5 Å². The van der Waals surface area contributed by atoms with Crippen LogP contribution in [-0.4, -0.2) is 13.0 Å². The van der Waals surface area contributed by atoms with Gasteiger partial charge in [0.1, 0.15) is 11.3 Å². The second kappa shape index (κ2) is 4.02. The molecule has 18 heavy (non-hydrogen) atoms. The van der Waals surface area contributed by atoms with Gasteiger partial charge in [0.15, 0.2) is 0 Å². The summed E-state index contributed by atoms with van der Waals surface area (Å²) in [6, 6.07) is 3.61. The number of hydrogen-bond donors (Lipinski definition) is 2. The van der Waals surface area contributed by atoms with E-state index in [0.29, 0.717) is 22.8 Å². The Hall–Kier alpha value is -1.49. The molecule has 1 aliphatic carbocycles. The van der Waals surface area contributed by atoms with Crippen LogP contribution in [0.1, 0.15) is 34.9 Å². The fraction of sp³-hybridized carbons (Fsp3) is 0.308. The van der Waals surface area contributed by atoms with E-state index in [9.17, 15) is 4.79 Å². The van der Waals surface area contributed by atoms with E-state index in [2.05, 4.69) is 21.2 Å². The van der Waals surface area contributed by atoms with Crippen molar-refractivity contribution in [2.45, 2.75) is 18.8 Å². The summed E-state index contributed by atoms with van der Waals surface area (Å²) in [5.41, 5.74) is 7.78. The molecule has 3 rings (SSSR count). The van der Waals surface area contributed by atoms with Crippen LogP contribution in [0, 0.1) is 0 Å². The monoisotopic (exact) mass is 308 g/mol. The molecule has 94 valence electrons. The zero-order chi connectivity index (χ0) is 12.9. The number of nitrogens with two attached hydrogens (primary N) is 1. The third kappa shape index (κ3) is 1.70. The van der Waals surface area contributed by atoms with Crippen LogP contribution in [0.5, 0.6) is 0 Å². The van der Waals surface area contributed by atoms with Crippen LogP contribution in [0.3, 0.4) is 0 Å². The standard InChI is InChI=1S/C13H13BrN2O2/c1-16-13(17)11-7-4-8(14)9(15)5-10(7)18-12(11)6-2-3-6/h4-6H,2-3,15H2,1H3,(H,16,17). The van der Waals surface area contributed by atoms with Crippen molar-refractivity contribution in [2.75, 3.05) is 12.8 Å². The fourth-order valence-corrected chi connectivity index (χ4v) is 2.49. The first-order chi connectivity index (χ1) is 8.61. The van der Waals surface area contributed by atoms with Crippen LogP contribution in [-0.2, 0) is 0 Å². The molecule has 0 saturated heterocycles. The molecule has 0 atom stereocenters. The Kier molecular flexibility index (Phi) is 2.59. The molecule has 1 heterocycles. The third-order valence-corrected chi connectivity index (χ3v) is 3.92. The summed E-state index contributed by atoms with van der Waals surface area (Å²) in [6.07, 6.45) is 2.17. The molecule has 1 aliphatic rings.